The molecule has 1 unspecified atom stereocenters. The van der Waals surface area contributed by atoms with E-state index in [1.807, 2.05) is 0 Å². The fraction of sp³-hybridized carbons (Fsp3) is 0.500. The summed E-state index contributed by atoms with van der Waals surface area (Å²) in [5.74, 6) is -0.546. The fourth-order valence-corrected chi connectivity index (χ4v) is 1.80. The van der Waals surface area contributed by atoms with E-state index in [0.717, 1.165) is 0 Å². The molecule has 0 saturated carbocycles. The second-order valence-electron chi connectivity index (χ2n) is 3.94. The molecular formula is C10H13N3O5. The van der Waals surface area contributed by atoms with Crippen LogP contribution in [0.5, 0.6) is 0 Å². The minimum Gasteiger partial charge on any atom is -0.394 e. The number of nitro groups is 1. The molecule has 1 aromatic rings. The molecule has 1 aliphatic rings. The molecular weight excluding hydrogens is 242 g/mol. The molecule has 1 aliphatic heterocycles. The minimum atomic E-state index is -0.591. The highest BCUT2D eigenvalue weighted by Crippen LogP contribution is 2.14. The first-order valence-electron chi connectivity index (χ1n) is 5.47. The highest BCUT2D eigenvalue weighted by Gasteiger charge is 2.27. The molecule has 0 aromatic carbocycles. The van der Waals surface area contributed by atoms with E-state index in [0.29, 0.717) is 13.2 Å². The number of hydrogen-bond donors (Lipinski definition) is 2. The lowest BCUT2D eigenvalue weighted by molar-refractivity contribution is -0.389. The van der Waals surface area contributed by atoms with Crippen LogP contribution in [0.15, 0.2) is 12.1 Å². The monoisotopic (exact) mass is 255 g/mol. The van der Waals surface area contributed by atoms with Crippen LogP contribution in [0.3, 0.4) is 0 Å². The number of nitrogens with zero attached hydrogens (tertiary/aromatic N) is 2. The quantitative estimate of drug-likeness (QED) is 0.572. The van der Waals surface area contributed by atoms with Gasteiger partial charge < -0.3 is 24.9 Å². The van der Waals surface area contributed by atoms with Gasteiger partial charge >= 0.3 is 5.82 Å². The number of ether oxygens (including phenoxy) is 1. The summed E-state index contributed by atoms with van der Waals surface area (Å²) in [7, 11) is 0. The van der Waals surface area contributed by atoms with Crippen LogP contribution in [-0.4, -0.2) is 58.2 Å². The van der Waals surface area contributed by atoms with Gasteiger partial charge in [0.2, 0.25) is 0 Å². The summed E-state index contributed by atoms with van der Waals surface area (Å²) in [5, 5.41) is 19.5. The summed E-state index contributed by atoms with van der Waals surface area (Å²) < 4.78 is 5.22. The van der Waals surface area contributed by atoms with Crippen molar-refractivity contribution >= 4 is 11.7 Å². The van der Waals surface area contributed by atoms with Crippen molar-refractivity contribution in [2.45, 2.75) is 6.10 Å². The highest BCUT2D eigenvalue weighted by atomic mass is 16.6. The van der Waals surface area contributed by atoms with Crippen LogP contribution in [0.25, 0.3) is 0 Å². The second-order valence-corrected chi connectivity index (χ2v) is 3.94. The molecule has 8 heteroatoms. The van der Waals surface area contributed by atoms with Crippen molar-refractivity contribution in [1.82, 2.24) is 9.88 Å². The molecule has 2 N–H and O–H groups in total. The molecule has 1 aromatic heterocycles. The summed E-state index contributed by atoms with van der Waals surface area (Å²) in [6, 6.07) is 2.63. The predicted octanol–water partition coefficient (Wildman–Crippen LogP) is -0.244. The van der Waals surface area contributed by atoms with Crippen molar-refractivity contribution in [2.24, 2.45) is 0 Å². The van der Waals surface area contributed by atoms with Gasteiger partial charge in [-0.3, -0.25) is 4.79 Å². The molecule has 1 amide bonds. The van der Waals surface area contributed by atoms with E-state index in [4.69, 9.17) is 9.84 Å². The molecule has 2 rings (SSSR count). The molecule has 8 nitrogen and oxygen atoms in total. The molecule has 0 spiro atoms. The first kappa shape index (κ1) is 12.5. The molecule has 0 radical (unpaired) electrons. The number of H-pyrrole nitrogens is 1. The summed E-state index contributed by atoms with van der Waals surface area (Å²) in [6.45, 7) is 0.874. The maximum atomic E-state index is 12.0. The Labute approximate surface area is 102 Å². The zero-order valence-corrected chi connectivity index (χ0v) is 9.54. The average molecular weight is 255 g/mol. The number of aromatic nitrogens is 1. The predicted molar refractivity (Wildman–Crippen MR) is 60.2 cm³/mol. The Bertz CT molecular complexity index is 458. The van der Waals surface area contributed by atoms with E-state index in [-0.39, 0.29) is 30.6 Å². The number of amides is 1. The van der Waals surface area contributed by atoms with Gasteiger partial charge in [-0.1, -0.05) is 0 Å². The second kappa shape index (κ2) is 5.15. The summed E-state index contributed by atoms with van der Waals surface area (Å²) in [4.78, 5) is 25.9. The SMILES string of the molecule is O=C(c1ccc([N+](=O)[O-])[nH]1)N1CCOC(CO)C1. The van der Waals surface area contributed by atoms with Gasteiger partial charge in [0, 0.05) is 19.2 Å². The number of carbonyl (C=O) groups is 1. The minimum absolute atomic E-state index is 0.158. The van der Waals surface area contributed by atoms with Gasteiger partial charge in [-0.25, -0.2) is 4.98 Å². The van der Waals surface area contributed by atoms with Gasteiger partial charge in [0.1, 0.15) is 0 Å². The Morgan fingerprint density at radius 1 is 1.67 bits per heavy atom. The number of aliphatic hydroxyl groups is 1. The van der Waals surface area contributed by atoms with Crippen LogP contribution in [0.1, 0.15) is 10.5 Å². The first-order valence-corrected chi connectivity index (χ1v) is 5.47. The number of rotatable bonds is 3. The number of carbonyl (C=O) groups excluding carboxylic acids is 1. The Balaban J connectivity index is 2.07. The van der Waals surface area contributed by atoms with Crippen LogP contribution >= 0.6 is 0 Å². The van der Waals surface area contributed by atoms with Gasteiger partial charge in [0.05, 0.1) is 19.3 Å². The van der Waals surface area contributed by atoms with Crippen molar-refractivity contribution in [1.29, 1.82) is 0 Å². The van der Waals surface area contributed by atoms with Gasteiger partial charge in [-0.2, -0.15) is 0 Å². The van der Waals surface area contributed by atoms with Crippen molar-refractivity contribution in [3.8, 4) is 0 Å². The molecule has 98 valence electrons. The van der Waals surface area contributed by atoms with Gasteiger partial charge in [-0.05, 0) is 11.0 Å². The van der Waals surface area contributed by atoms with Crippen molar-refractivity contribution < 1.29 is 19.6 Å². The number of nitrogens with one attached hydrogen (secondary N) is 1. The lowest BCUT2D eigenvalue weighted by Gasteiger charge is -2.31. The first-order chi connectivity index (χ1) is 8.61. The van der Waals surface area contributed by atoms with Crippen LogP contribution in [0.2, 0.25) is 0 Å². The summed E-state index contributed by atoms with van der Waals surface area (Å²) in [5.41, 5.74) is 0.167. The van der Waals surface area contributed by atoms with E-state index < -0.39 is 11.0 Å². The third-order valence-corrected chi connectivity index (χ3v) is 2.73. The van der Waals surface area contributed by atoms with Crippen LogP contribution in [-0.2, 0) is 4.74 Å². The van der Waals surface area contributed by atoms with Gasteiger partial charge in [-0.15, -0.1) is 0 Å². The van der Waals surface area contributed by atoms with E-state index in [2.05, 4.69) is 4.98 Å². The normalized spacial score (nSPS) is 19.8. The average Bonchev–Trinajstić information content (AvgIpc) is 2.87. The fourth-order valence-electron chi connectivity index (χ4n) is 1.80. The Hall–Kier alpha value is -1.93. The lowest BCUT2D eigenvalue weighted by atomic mass is 10.2. The van der Waals surface area contributed by atoms with E-state index in [1.54, 1.807) is 0 Å². The molecule has 1 saturated heterocycles. The molecule has 1 fully saturated rings. The summed E-state index contributed by atoms with van der Waals surface area (Å²) in [6.07, 6.45) is -0.396. The van der Waals surface area contributed by atoms with Crippen molar-refractivity contribution in [2.75, 3.05) is 26.3 Å². The van der Waals surface area contributed by atoms with E-state index >= 15 is 0 Å². The Kier molecular flexibility index (Phi) is 3.58. The number of aliphatic hydroxyl groups excluding tert-OH is 1. The molecule has 18 heavy (non-hydrogen) atoms. The molecule has 0 bridgehead atoms. The molecule has 0 aliphatic carbocycles. The largest absolute Gasteiger partial charge is 0.394 e. The van der Waals surface area contributed by atoms with Gasteiger partial charge in [0.25, 0.3) is 5.91 Å². The zero-order chi connectivity index (χ0) is 13.1. The topological polar surface area (TPSA) is 109 Å². The molecule has 1 atom stereocenters. The standard InChI is InChI=1S/C10H13N3O5/c14-6-7-5-12(3-4-18-7)10(15)8-1-2-9(11-8)13(16)17/h1-2,7,11,14H,3-6H2. The maximum absolute atomic E-state index is 12.0. The Morgan fingerprint density at radius 2 is 2.44 bits per heavy atom. The molecule has 2 heterocycles. The van der Waals surface area contributed by atoms with E-state index in [9.17, 15) is 14.9 Å². The third kappa shape index (κ3) is 2.49. The van der Waals surface area contributed by atoms with Crippen LogP contribution < -0.4 is 0 Å². The van der Waals surface area contributed by atoms with Gasteiger partial charge in [0.15, 0.2) is 5.69 Å². The summed E-state index contributed by atoms with van der Waals surface area (Å²) >= 11 is 0. The zero-order valence-electron chi connectivity index (χ0n) is 9.54. The third-order valence-electron chi connectivity index (χ3n) is 2.73. The number of aromatic amines is 1. The van der Waals surface area contributed by atoms with E-state index in [1.165, 1.54) is 17.0 Å². The Morgan fingerprint density at radius 3 is 3.06 bits per heavy atom. The lowest BCUT2D eigenvalue weighted by Crippen LogP contribution is -2.47. The number of morpholine rings is 1. The maximum Gasteiger partial charge on any atom is 0.321 e. The van der Waals surface area contributed by atoms with Crippen molar-refractivity contribution in [3.05, 3.63) is 27.9 Å². The van der Waals surface area contributed by atoms with Crippen LogP contribution in [0, 0.1) is 10.1 Å². The highest BCUT2D eigenvalue weighted by molar-refractivity contribution is 5.93. The smallest absolute Gasteiger partial charge is 0.321 e. The number of hydrogen-bond acceptors (Lipinski definition) is 5. The van der Waals surface area contributed by atoms with Crippen molar-refractivity contribution in [3.63, 3.8) is 0 Å². The van der Waals surface area contributed by atoms with Crippen LogP contribution in [0.4, 0.5) is 5.82 Å².